The summed E-state index contributed by atoms with van der Waals surface area (Å²) >= 11 is 0. The first-order valence-corrected chi connectivity index (χ1v) is 4.80. The van der Waals surface area contributed by atoms with E-state index in [-0.39, 0.29) is 13.0 Å². The van der Waals surface area contributed by atoms with Gasteiger partial charge in [-0.2, -0.15) is 0 Å². The fourth-order valence-electron chi connectivity index (χ4n) is 1.34. The Morgan fingerprint density at radius 3 is 2.80 bits per heavy atom. The highest BCUT2D eigenvalue weighted by atomic mass is 16.4. The number of rotatable bonds is 5. The molecule has 0 radical (unpaired) electrons. The summed E-state index contributed by atoms with van der Waals surface area (Å²) in [5.41, 5.74) is 7.42. The van der Waals surface area contributed by atoms with Gasteiger partial charge in [0.25, 0.3) is 0 Å². The van der Waals surface area contributed by atoms with Gasteiger partial charge in [-0.3, -0.25) is 4.79 Å². The first-order valence-electron chi connectivity index (χ1n) is 4.80. The summed E-state index contributed by atoms with van der Waals surface area (Å²) < 4.78 is 0. The van der Waals surface area contributed by atoms with Crippen molar-refractivity contribution in [3.05, 3.63) is 35.4 Å². The van der Waals surface area contributed by atoms with Gasteiger partial charge < -0.3 is 15.9 Å². The van der Waals surface area contributed by atoms with Gasteiger partial charge in [0.15, 0.2) is 0 Å². The van der Waals surface area contributed by atoms with Gasteiger partial charge in [-0.25, -0.2) is 0 Å². The highest BCUT2D eigenvalue weighted by molar-refractivity contribution is 5.67. The van der Waals surface area contributed by atoms with Gasteiger partial charge in [0, 0.05) is 6.42 Å². The molecule has 0 aliphatic carbocycles. The van der Waals surface area contributed by atoms with Crippen LogP contribution >= 0.6 is 0 Å². The van der Waals surface area contributed by atoms with Crippen molar-refractivity contribution in [2.24, 2.45) is 5.73 Å². The van der Waals surface area contributed by atoms with E-state index in [0.717, 1.165) is 11.1 Å². The number of hydrogen-bond donors (Lipinski definition) is 3. The van der Waals surface area contributed by atoms with E-state index in [1.807, 2.05) is 24.3 Å². The Labute approximate surface area is 88.3 Å². The molecule has 0 heterocycles. The number of carboxylic acids is 1. The van der Waals surface area contributed by atoms with Crippen molar-refractivity contribution in [2.75, 3.05) is 6.61 Å². The molecule has 0 saturated heterocycles. The third kappa shape index (κ3) is 3.69. The summed E-state index contributed by atoms with van der Waals surface area (Å²) in [4.78, 5) is 10.4. The fourth-order valence-corrected chi connectivity index (χ4v) is 1.34. The van der Waals surface area contributed by atoms with Gasteiger partial charge in [0.2, 0.25) is 0 Å². The van der Waals surface area contributed by atoms with Crippen LogP contribution in [0.1, 0.15) is 23.6 Å². The molecule has 1 aromatic carbocycles. The number of aliphatic hydroxyl groups is 1. The van der Waals surface area contributed by atoms with E-state index in [9.17, 15) is 4.79 Å². The second-order valence-electron chi connectivity index (χ2n) is 3.43. The number of aliphatic hydroxyl groups excluding tert-OH is 1. The van der Waals surface area contributed by atoms with E-state index in [2.05, 4.69) is 0 Å². The summed E-state index contributed by atoms with van der Waals surface area (Å²) in [7, 11) is 0. The summed E-state index contributed by atoms with van der Waals surface area (Å²) in [6, 6.07) is 6.95. The topological polar surface area (TPSA) is 83.5 Å². The number of hydrogen-bond acceptors (Lipinski definition) is 3. The number of carboxylic acid groups (broad SMARTS) is 1. The van der Waals surface area contributed by atoms with Gasteiger partial charge >= 0.3 is 5.97 Å². The lowest BCUT2D eigenvalue weighted by molar-refractivity contribution is -0.136. The SMILES string of the molecule is N[C@@H](CO)c1cccc(CCC(=O)O)c1. The summed E-state index contributed by atoms with van der Waals surface area (Å²) in [6.45, 7) is -0.109. The molecular weight excluding hydrogens is 194 g/mol. The molecule has 0 amide bonds. The van der Waals surface area contributed by atoms with Crippen molar-refractivity contribution in [2.45, 2.75) is 18.9 Å². The number of aryl methyl sites for hydroxylation is 1. The van der Waals surface area contributed by atoms with Crippen LogP contribution in [0.25, 0.3) is 0 Å². The smallest absolute Gasteiger partial charge is 0.303 e. The summed E-state index contributed by atoms with van der Waals surface area (Å²) in [6.07, 6.45) is 0.596. The Morgan fingerprint density at radius 1 is 1.47 bits per heavy atom. The van der Waals surface area contributed by atoms with E-state index in [4.69, 9.17) is 15.9 Å². The van der Waals surface area contributed by atoms with E-state index in [0.29, 0.717) is 6.42 Å². The number of nitrogens with two attached hydrogens (primary N) is 1. The molecule has 0 unspecified atom stereocenters. The third-order valence-electron chi connectivity index (χ3n) is 2.20. The molecule has 4 heteroatoms. The monoisotopic (exact) mass is 209 g/mol. The van der Waals surface area contributed by atoms with Crippen LogP contribution in [0, 0.1) is 0 Å². The average Bonchev–Trinajstić information content (AvgIpc) is 2.25. The lowest BCUT2D eigenvalue weighted by Crippen LogP contribution is -2.14. The Morgan fingerprint density at radius 2 is 2.20 bits per heavy atom. The molecule has 15 heavy (non-hydrogen) atoms. The van der Waals surface area contributed by atoms with Crippen molar-refractivity contribution < 1.29 is 15.0 Å². The van der Waals surface area contributed by atoms with Crippen LogP contribution in [-0.4, -0.2) is 22.8 Å². The quantitative estimate of drug-likeness (QED) is 0.666. The molecule has 1 rings (SSSR count). The molecule has 82 valence electrons. The van der Waals surface area contributed by atoms with Crippen LogP contribution in [0.3, 0.4) is 0 Å². The maximum atomic E-state index is 10.4. The average molecular weight is 209 g/mol. The third-order valence-corrected chi connectivity index (χ3v) is 2.20. The first kappa shape index (κ1) is 11.7. The normalized spacial score (nSPS) is 12.4. The van der Waals surface area contributed by atoms with Gasteiger partial charge in [0.05, 0.1) is 12.6 Å². The largest absolute Gasteiger partial charge is 0.481 e. The van der Waals surface area contributed by atoms with Crippen LogP contribution in [0.2, 0.25) is 0 Å². The van der Waals surface area contributed by atoms with Gasteiger partial charge in [-0.05, 0) is 17.5 Å². The molecule has 1 aromatic rings. The maximum absolute atomic E-state index is 10.4. The lowest BCUT2D eigenvalue weighted by Gasteiger charge is -2.09. The summed E-state index contributed by atoms with van der Waals surface area (Å²) in [5, 5.41) is 17.4. The van der Waals surface area contributed by atoms with Crippen LogP contribution < -0.4 is 5.73 Å². The van der Waals surface area contributed by atoms with Crippen LogP contribution in [0.15, 0.2) is 24.3 Å². The van der Waals surface area contributed by atoms with Gasteiger partial charge in [-0.1, -0.05) is 24.3 Å². The molecule has 4 N–H and O–H groups in total. The molecule has 0 fully saturated rings. The van der Waals surface area contributed by atoms with Crippen LogP contribution in [0.4, 0.5) is 0 Å². The van der Waals surface area contributed by atoms with Crippen LogP contribution in [0.5, 0.6) is 0 Å². The van der Waals surface area contributed by atoms with Gasteiger partial charge in [0.1, 0.15) is 0 Å². The fraction of sp³-hybridized carbons (Fsp3) is 0.364. The number of carbonyl (C=O) groups is 1. The Kier molecular flexibility index (Phi) is 4.27. The van der Waals surface area contributed by atoms with Crippen molar-refractivity contribution in [1.29, 1.82) is 0 Å². The Bertz CT molecular complexity index is 338. The first-order chi connectivity index (χ1) is 7.13. The Balaban J connectivity index is 2.69. The zero-order valence-electron chi connectivity index (χ0n) is 8.39. The molecule has 0 spiro atoms. The molecule has 4 nitrogen and oxygen atoms in total. The van der Waals surface area contributed by atoms with Crippen LogP contribution in [-0.2, 0) is 11.2 Å². The minimum absolute atomic E-state index is 0.109. The minimum Gasteiger partial charge on any atom is -0.481 e. The highest BCUT2D eigenvalue weighted by Gasteiger charge is 2.05. The molecule has 0 saturated carbocycles. The second kappa shape index (κ2) is 5.48. The summed E-state index contributed by atoms with van der Waals surface area (Å²) in [5.74, 6) is -0.813. The Hall–Kier alpha value is -1.39. The molecule has 1 atom stereocenters. The van der Waals surface area contributed by atoms with E-state index in [1.54, 1.807) is 0 Å². The zero-order valence-corrected chi connectivity index (χ0v) is 8.39. The molecule has 0 aromatic heterocycles. The molecule has 0 aliphatic rings. The predicted molar refractivity (Wildman–Crippen MR) is 56.4 cm³/mol. The van der Waals surface area contributed by atoms with Crippen molar-refractivity contribution in [3.8, 4) is 0 Å². The van der Waals surface area contributed by atoms with E-state index < -0.39 is 12.0 Å². The van der Waals surface area contributed by atoms with Crippen molar-refractivity contribution in [1.82, 2.24) is 0 Å². The highest BCUT2D eigenvalue weighted by Crippen LogP contribution is 2.13. The van der Waals surface area contributed by atoms with Crippen molar-refractivity contribution in [3.63, 3.8) is 0 Å². The second-order valence-corrected chi connectivity index (χ2v) is 3.43. The number of benzene rings is 1. The number of aliphatic carboxylic acids is 1. The molecule has 0 aliphatic heterocycles. The molecular formula is C11H15NO3. The van der Waals surface area contributed by atoms with Crippen molar-refractivity contribution >= 4 is 5.97 Å². The lowest BCUT2D eigenvalue weighted by atomic mass is 10.0. The zero-order chi connectivity index (χ0) is 11.3. The molecule has 0 bridgehead atoms. The standard InChI is InChI=1S/C11H15NO3/c12-10(7-13)9-3-1-2-8(6-9)4-5-11(14)15/h1-3,6,10,13H,4-5,7,12H2,(H,14,15)/t10-/m0/s1. The van der Waals surface area contributed by atoms with E-state index in [1.165, 1.54) is 0 Å². The predicted octanol–water partition coefficient (Wildman–Crippen LogP) is 0.696. The van der Waals surface area contributed by atoms with Gasteiger partial charge in [-0.15, -0.1) is 0 Å². The van der Waals surface area contributed by atoms with E-state index >= 15 is 0 Å². The maximum Gasteiger partial charge on any atom is 0.303 e. The minimum atomic E-state index is -0.813.